The molecule has 4 nitrogen and oxygen atoms in total. The summed E-state index contributed by atoms with van der Waals surface area (Å²) in [6.45, 7) is 0.470. The minimum atomic E-state index is -4.30. The summed E-state index contributed by atoms with van der Waals surface area (Å²) >= 11 is 3.31. The first kappa shape index (κ1) is 15.2. The number of anilines is 1. The summed E-state index contributed by atoms with van der Waals surface area (Å²) in [6, 6.07) is 0. The van der Waals surface area contributed by atoms with Crippen molar-refractivity contribution in [3.8, 4) is 0 Å². The zero-order chi connectivity index (χ0) is 13.8. The Morgan fingerprint density at radius 1 is 1.33 bits per heavy atom. The number of hydrogen-bond acceptors (Lipinski definition) is 4. The fourth-order valence-corrected chi connectivity index (χ4v) is 1.62. The molecule has 18 heavy (non-hydrogen) atoms. The first-order chi connectivity index (χ1) is 8.33. The fourth-order valence-electron chi connectivity index (χ4n) is 1.25. The highest BCUT2D eigenvalue weighted by molar-refractivity contribution is 9.10. The molecule has 102 valence electrons. The third-order valence-corrected chi connectivity index (χ3v) is 2.99. The summed E-state index contributed by atoms with van der Waals surface area (Å²) in [7, 11) is 1.70. The molecule has 0 saturated heterocycles. The maximum atomic E-state index is 11.8. The summed E-state index contributed by atoms with van der Waals surface area (Å²) in [5.74, 6) is 1.05. The Morgan fingerprint density at radius 2 is 2.00 bits per heavy atom. The molecule has 1 rings (SSSR count). The van der Waals surface area contributed by atoms with Crippen molar-refractivity contribution in [2.45, 2.75) is 19.5 Å². The molecule has 0 fully saturated rings. The average molecular weight is 328 g/mol. The van der Waals surface area contributed by atoms with E-state index in [4.69, 9.17) is 0 Å². The van der Waals surface area contributed by atoms with E-state index in [2.05, 4.69) is 36.0 Å². The van der Waals surface area contributed by atoms with Crippen LogP contribution in [-0.2, 0) is 11.2 Å². The van der Waals surface area contributed by atoms with Crippen molar-refractivity contribution in [3.63, 3.8) is 0 Å². The van der Waals surface area contributed by atoms with Crippen LogP contribution in [0.4, 0.5) is 19.0 Å². The summed E-state index contributed by atoms with van der Waals surface area (Å²) in [5.41, 5.74) is 0.722. The molecule has 1 aromatic rings. The van der Waals surface area contributed by atoms with Gasteiger partial charge in [-0.1, -0.05) is 0 Å². The van der Waals surface area contributed by atoms with Gasteiger partial charge in [-0.05, 0) is 22.9 Å². The Labute approximate surface area is 111 Å². The van der Waals surface area contributed by atoms with Crippen molar-refractivity contribution in [2.24, 2.45) is 0 Å². The lowest BCUT2D eigenvalue weighted by Gasteiger charge is -2.09. The topological polar surface area (TPSA) is 47.0 Å². The van der Waals surface area contributed by atoms with Gasteiger partial charge in [0, 0.05) is 13.5 Å². The Morgan fingerprint density at radius 3 is 2.56 bits per heavy atom. The molecule has 1 aromatic heterocycles. The largest absolute Gasteiger partial charge is 0.411 e. The number of nitrogens with one attached hydrogen (secondary N) is 1. The lowest BCUT2D eigenvalue weighted by atomic mass is 10.3. The lowest BCUT2D eigenvalue weighted by molar-refractivity contribution is -0.173. The normalized spacial score (nSPS) is 11.7. The third-order valence-electron chi connectivity index (χ3n) is 2.04. The third kappa shape index (κ3) is 4.77. The Kier molecular flexibility index (Phi) is 5.33. The number of ether oxygens (including phenoxy) is 1. The minimum absolute atomic E-state index is 0.0657. The predicted molar refractivity (Wildman–Crippen MR) is 64.6 cm³/mol. The second-order valence-corrected chi connectivity index (χ2v) is 4.35. The number of aromatic nitrogens is 2. The van der Waals surface area contributed by atoms with Gasteiger partial charge >= 0.3 is 6.18 Å². The van der Waals surface area contributed by atoms with Gasteiger partial charge in [-0.15, -0.1) is 0 Å². The molecule has 0 aliphatic rings. The second-order valence-electron chi connectivity index (χ2n) is 3.56. The number of nitrogens with zero attached hydrogens (tertiary/aromatic N) is 2. The molecule has 0 amide bonds. The van der Waals surface area contributed by atoms with Crippen LogP contribution in [-0.4, -0.2) is 36.4 Å². The molecule has 0 spiro atoms. The van der Waals surface area contributed by atoms with Gasteiger partial charge in [0.15, 0.2) is 0 Å². The first-order valence-corrected chi connectivity index (χ1v) is 5.98. The van der Waals surface area contributed by atoms with E-state index < -0.39 is 12.8 Å². The Bertz CT molecular complexity index is 412. The number of rotatable bonds is 5. The lowest BCUT2D eigenvalue weighted by Crippen LogP contribution is -2.18. The van der Waals surface area contributed by atoms with Crippen LogP contribution in [0, 0.1) is 6.92 Å². The molecule has 8 heteroatoms. The molecule has 0 atom stereocenters. The Hall–Kier alpha value is -0.890. The smallest absolute Gasteiger partial charge is 0.372 e. The highest BCUT2D eigenvalue weighted by atomic mass is 79.9. The van der Waals surface area contributed by atoms with Gasteiger partial charge in [-0.3, -0.25) is 0 Å². The van der Waals surface area contributed by atoms with Gasteiger partial charge in [0.25, 0.3) is 0 Å². The van der Waals surface area contributed by atoms with E-state index in [1.54, 1.807) is 14.0 Å². The minimum Gasteiger partial charge on any atom is -0.372 e. The molecular formula is C10H13BrF3N3O. The molecule has 0 unspecified atom stereocenters. The summed E-state index contributed by atoms with van der Waals surface area (Å²) in [4.78, 5) is 8.31. The van der Waals surface area contributed by atoms with Crippen LogP contribution in [0.15, 0.2) is 4.47 Å². The molecular weight excluding hydrogens is 315 g/mol. The van der Waals surface area contributed by atoms with E-state index in [0.717, 1.165) is 10.2 Å². The van der Waals surface area contributed by atoms with Crippen LogP contribution in [0.5, 0.6) is 0 Å². The van der Waals surface area contributed by atoms with Gasteiger partial charge in [-0.2, -0.15) is 13.2 Å². The standard InChI is InChI=1S/C10H13BrF3N3O/c1-6-8(11)9(15-2)17-7(16-6)3-4-18-5-10(12,13)14/h3-5H2,1-2H3,(H,15,16,17). The molecule has 1 N–H and O–H groups in total. The van der Waals surface area contributed by atoms with E-state index in [-0.39, 0.29) is 13.0 Å². The summed E-state index contributed by atoms with van der Waals surface area (Å²) in [6.07, 6.45) is -4.06. The van der Waals surface area contributed by atoms with Gasteiger partial charge in [0.2, 0.25) is 0 Å². The maximum Gasteiger partial charge on any atom is 0.411 e. The number of alkyl halides is 3. The molecule has 0 aliphatic heterocycles. The van der Waals surface area contributed by atoms with E-state index in [1.807, 2.05) is 0 Å². The van der Waals surface area contributed by atoms with Crippen molar-refractivity contribution >= 4 is 21.7 Å². The predicted octanol–water partition coefficient (Wildman–Crippen LogP) is 2.71. The van der Waals surface area contributed by atoms with Crippen molar-refractivity contribution in [2.75, 3.05) is 25.6 Å². The molecule has 0 aliphatic carbocycles. The monoisotopic (exact) mass is 327 g/mol. The molecule has 0 bridgehead atoms. The molecule has 1 heterocycles. The van der Waals surface area contributed by atoms with E-state index in [1.165, 1.54) is 0 Å². The van der Waals surface area contributed by atoms with Crippen LogP contribution >= 0.6 is 15.9 Å². The van der Waals surface area contributed by atoms with Crippen LogP contribution in [0.1, 0.15) is 11.5 Å². The quantitative estimate of drug-likeness (QED) is 0.845. The number of aryl methyl sites for hydroxylation is 1. The summed E-state index contributed by atoms with van der Waals surface area (Å²) < 4.78 is 40.8. The van der Waals surface area contributed by atoms with Gasteiger partial charge in [0.1, 0.15) is 18.2 Å². The van der Waals surface area contributed by atoms with Crippen LogP contribution < -0.4 is 5.32 Å². The van der Waals surface area contributed by atoms with Crippen molar-refractivity contribution < 1.29 is 17.9 Å². The molecule has 0 radical (unpaired) electrons. The maximum absolute atomic E-state index is 11.8. The second kappa shape index (κ2) is 6.33. The Balaban J connectivity index is 2.55. The van der Waals surface area contributed by atoms with Gasteiger partial charge < -0.3 is 10.1 Å². The van der Waals surface area contributed by atoms with Crippen molar-refractivity contribution in [1.82, 2.24) is 9.97 Å². The van der Waals surface area contributed by atoms with E-state index >= 15 is 0 Å². The SMILES string of the molecule is CNc1nc(CCOCC(F)(F)F)nc(C)c1Br. The highest BCUT2D eigenvalue weighted by Gasteiger charge is 2.27. The van der Waals surface area contributed by atoms with Crippen molar-refractivity contribution in [1.29, 1.82) is 0 Å². The van der Waals surface area contributed by atoms with Crippen LogP contribution in [0.2, 0.25) is 0 Å². The zero-order valence-electron chi connectivity index (χ0n) is 9.94. The zero-order valence-corrected chi connectivity index (χ0v) is 11.5. The van der Waals surface area contributed by atoms with Gasteiger partial charge in [-0.25, -0.2) is 9.97 Å². The van der Waals surface area contributed by atoms with Crippen LogP contribution in [0.25, 0.3) is 0 Å². The van der Waals surface area contributed by atoms with Crippen LogP contribution in [0.3, 0.4) is 0 Å². The molecule has 0 aromatic carbocycles. The summed E-state index contributed by atoms with van der Waals surface area (Å²) in [5, 5.41) is 2.87. The number of hydrogen-bond donors (Lipinski definition) is 1. The molecule has 0 saturated carbocycles. The highest BCUT2D eigenvalue weighted by Crippen LogP contribution is 2.22. The van der Waals surface area contributed by atoms with E-state index in [0.29, 0.717) is 11.6 Å². The number of halogens is 4. The van der Waals surface area contributed by atoms with E-state index in [9.17, 15) is 13.2 Å². The van der Waals surface area contributed by atoms with Crippen molar-refractivity contribution in [3.05, 3.63) is 16.0 Å². The fraction of sp³-hybridized carbons (Fsp3) is 0.600. The van der Waals surface area contributed by atoms with Gasteiger partial charge in [0.05, 0.1) is 16.8 Å². The average Bonchev–Trinajstić information content (AvgIpc) is 2.27. The first-order valence-electron chi connectivity index (χ1n) is 5.18.